The second-order valence-electron chi connectivity index (χ2n) is 4.90. The average Bonchev–Trinajstić information content (AvgIpc) is 2.29. The number of hydrogen-bond donors (Lipinski definition) is 2. The van der Waals surface area contributed by atoms with Gasteiger partial charge in [0.2, 0.25) is 5.91 Å². The molecule has 1 amide bonds. The third-order valence-electron chi connectivity index (χ3n) is 3.45. The van der Waals surface area contributed by atoms with Gasteiger partial charge in [-0.1, -0.05) is 25.6 Å². The molecular formula is C12H23N3OS. The van der Waals surface area contributed by atoms with Crippen LogP contribution in [0.1, 0.15) is 39.0 Å². The van der Waals surface area contributed by atoms with E-state index in [4.69, 9.17) is 18.0 Å². The van der Waals surface area contributed by atoms with Crippen LogP contribution in [0.3, 0.4) is 0 Å². The number of rotatable bonds is 5. The van der Waals surface area contributed by atoms with Gasteiger partial charge in [0, 0.05) is 19.5 Å². The first-order valence-corrected chi connectivity index (χ1v) is 6.70. The molecule has 1 saturated heterocycles. The highest BCUT2D eigenvalue weighted by Crippen LogP contribution is 2.22. The van der Waals surface area contributed by atoms with Crippen molar-refractivity contribution in [3.8, 4) is 0 Å². The van der Waals surface area contributed by atoms with Gasteiger partial charge in [0.25, 0.3) is 0 Å². The van der Waals surface area contributed by atoms with Crippen molar-refractivity contribution in [1.29, 1.82) is 0 Å². The van der Waals surface area contributed by atoms with Gasteiger partial charge in [-0.2, -0.15) is 0 Å². The van der Waals surface area contributed by atoms with E-state index in [1.54, 1.807) is 0 Å². The molecule has 0 radical (unpaired) electrons. The molecule has 1 fully saturated rings. The lowest BCUT2D eigenvalue weighted by Crippen LogP contribution is -2.61. The second kappa shape index (κ2) is 6.31. The highest BCUT2D eigenvalue weighted by molar-refractivity contribution is 7.80. The molecule has 1 rings (SSSR count). The number of unbranched alkanes of at least 4 members (excludes halogenated alkanes) is 1. The maximum absolute atomic E-state index is 11.8. The van der Waals surface area contributed by atoms with Crippen molar-refractivity contribution < 1.29 is 4.79 Å². The Kier molecular flexibility index (Phi) is 5.33. The molecule has 5 heteroatoms. The summed E-state index contributed by atoms with van der Waals surface area (Å²) < 4.78 is 0. The van der Waals surface area contributed by atoms with E-state index in [1.165, 1.54) is 0 Å². The number of amides is 1. The maximum atomic E-state index is 11.8. The molecule has 1 aliphatic heterocycles. The summed E-state index contributed by atoms with van der Waals surface area (Å²) in [5.74, 6) is 0.0733. The highest BCUT2D eigenvalue weighted by Gasteiger charge is 2.37. The van der Waals surface area contributed by atoms with Gasteiger partial charge in [0.05, 0.1) is 10.5 Å². The van der Waals surface area contributed by atoms with Crippen LogP contribution < -0.4 is 11.1 Å². The van der Waals surface area contributed by atoms with Gasteiger partial charge < -0.3 is 16.0 Å². The monoisotopic (exact) mass is 257 g/mol. The number of thiocarbonyl (C=S) groups is 1. The van der Waals surface area contributed by atoms with E-state index in [1.807, 2.05) is 0 Å². The van der Waals surface area contributed by atoms with Gasteiger partial charge in [-0.15, -0.1) is 0 Å². The molecule has 0 spiro atoms. The Bertz CT molecular complexity index is 285. The third-order valence-corrected chi connectivity index (χ3v) is 3.84. The van der Waals surface area contributed by atoms with Crippen molar-refractivity contribution in [1.82, 2.24) is 10.2 Å². The van der Waals surface area contributed by atoms with Crippen LogP contribution in [0.15, 0.2) is 0 Å². The SMILES string of the molecule is CCCCC(=O)NC1(C(N)=S)CCN(C)CC1. The first kappa shape index (κ1) is 14.4. The Morgan fingerprint density at radius 1 is 1.47 bits per heavy atom. The third kappa shape index (κ3) is 3.92. The summed E-state index contributed by atoms with van der Waals surface area (Å²) in [6.07, 6.45) is 4.14. The van der Waals surface area contributed by atoms with E-state index in [0.717, 1.165) is 38.8 Å². The Morgan fingerprint density at radius 3 is 2.53 bits per heavy atom. The van der Waals surface area contributed by atoms with Gasteiger partial charge in [-0.25, -0.2) is 0 Å². The summed E-state index contributed by atoms with van der Waals surface area (Å²) >= 11 is 5.14. The van der Waals surface area contributed by atoms with Crippen molar-refractivity contribution in [2.75, 3.05) is 20.1 Å². The van der Waals surface area contributed by atoms with Gasteiger partial charge in [-0.05, 0) is 26.3 Å². The van der Waals surface area contributed by atoms with Crippen LogP contribution in [-0.4, -0.2) is 41.5 Å². The quantitative estimate of drug-likeness (QED) is 0.723. The molecule has 0 aromatic rings. The van der Waals surface area contributed by atoms with Crippen LogP contribution >= 0.6 is 12.2 Å². The minimum atomic E-state index is -0.452. The van der Waals surface area contributed by atoms with Gasteiger partial charge in [0.1, 0.15) is 0 Å². The number of nitrogens with two attached hydrogens (primary N) is 1. The zero-order chi connectivity index (χ0) is 12.9. The fourth-order valence-electron chi connectivity index (χ4n) is 2.10. The molecule has 0 aliphatic carbocycles. The molecule has 0 saturated carbocycles. The van der Waals surface area contributed by atoms with Gasteiger partial charge >= 0.3 is 0 Å². The average molecular weight is 257 g/mol. The molecule has 0 bridgehead atoms. The fraction of sp³-hybridized carbons (Fsp3) is 0.833. The number of likely N-dealkylation sites (tertiary alicyclic amines) is 1. The van der Waals surface area contributed by atoms with Crippen LogP contribution in [-0.2, 0) is 4.79 Å². The summed E-state index contributed by atoms with van der Waals surface area (Å²) in [5, 5.41) is 3.06. The zero-order valence-corrected chi connectivity index (χ0v) is 11.6. The van der Waals surface area contributed by atoms with Crippen LogP contribution in [0.25, 0.3) is 0 Å². The van der Waals surface area contributed by atoms with Crippen molar-refractivity contribution in [2.45, 2.75) is 44.6 Å². The first-order chi connectivity index (χ1) is 8.00. The number of nitrogens with one attached hydrogen (secondary N) is 1. The number of hydrogen-bond acceptors (Lipinski definition) is 3. The number of nitrogens with zero attached hydrogens (tertiary/aromatic N) is 1. The lowest BCUT2D eigenvalue weighted by atomic mass is 9.87. The molecule has 0 unspecified atom stereocenters. The van der Waals surface area contributed by atoms with Gasteiger partial charge in [-0.3, -0.25) is 4.79 Å². The predicted molar refractivity (Wildman–Crippen MR) is 73.9 cm³/mol. The molecule has 4 nitrogen and oxygen atoms in total. The molecule has 1 aliphatic rings. The Balaban J connectivity index is 2.60. The summed E-state index contributed by atoms with van der Waals surface area (Å²) in [4.78, 5) is 14.5. The molecule has 17 heavy (non-hydrogen) atoms. The van der Waals surface area contributed by atoms with Crippen LogP contribution in [0, 0.1) is 0 Å². The van der Waals surface area contributed by atoms with Crippen molar-refractivity contribution in [3.05, 3.63) is 0 Å². The number of carbonyl (C=O) groups excluding carboxylic acids is 1. The highest BCUT2D eigenvalue weighted by atomic mass is 32.1. The lowest BCUT2D eigenvalue weighted by molar-refractivity contribution is -0.122. The van der Waals surface area contributed by atoms with E-state index >= 15 is 0 Å². The number of piperidine rings is 1. The standard InChI is InChI=1S/C12H23N3OS/c1-3-4-5-10(16)14-12(11(13)17)6-8-15(2)9-7-12/h3-9H2,1-2H3,(H2,13,17)(H,14,16). The van der Waals surface area contributed by atoms with E-state index in [2.05, 4.69) is 24.2 Å². The normalized spacial score (nSPS) is 19.9. The summed E-state index contributed by atoms with van der Waals surface area (Å²) in [5.41, 5.74) is 5.37. The summed E-state index contributed by atoms with van der Waals surface area (Å²) in [6, 6.07) is 0. The second-order valence-corrected chi connectivity index (χ2v) is 5.34. The molecule has 0 atom stereocenters. The molecule has 1 heterocycles. The van der Waals surface area contributed by atoms with Crippen LogP contribution in [0.5, 0.6) is 0 Å². The minimum absolute atomic E-state index is 0.0733. The van der Waals surface area contributed by atoms with E-state index in [9.17, 15) is 4.79 Å². The minimum Gasteiger partial charge on any atom is -0.391 e. The zero-order valence-electron chi connectivity index (χ0n) is 10.8. The molecule has 0 aromatic heterocycles. The largest absolute Gasteiger partial charge is 0.391 e. The smallest absolute Gasteiger partial charge is 0.220 e. The molecule has 98 valence electrons. The Hall–Kier alpha value is -0.680. The van der Waals surface area contributed by atoms with Crippen LogP contribution in [0.2, 0.25) is 0 Å². The first-order valence-electron chi connectivity index (χ1n) is 6.29. The van der Waals surface area contributed by atoms with E-state index < -0.39 is 5.54 Å². The van der Waals surface area contributed by atoms with E-state index in [0.29, 0.717) is 11.4 Å². The lowest BCUT2D eigenvalue weighted by Gasteiger charge is -2.40. The summed E-state index contributed by atoms with van der Waals surface area (Å²) in [7, 11) is 2.07. The Labute approximate surface area is 109 Å². The Morgan fingerprint density at radius 2 is 2.06 bits per heavy atom. The predicted octanol–water partition coefficient (Wildman–Crippen LogP) is 1.04. The maximum Gasteiger partial charge on any atom is 0.220 e. The van der Waals surface area contributed by atoms with Crippen molar-refractivity contribution in [3.63, 3.8) is 0 Å². The topological polar surface area (TPSA) is 58.4 Å². The number of carbonyl (C=O) groups is 1. The summed E-state index contributed by atoms with van der Waals surface area (Å²) in [6.45, 7) is 3.92. The fourth-order valence-corrected chi connectivity index (χ4v) is 2.36. The molecular weight excluding hydrogens is 234 g/mol. The van der Waals surface area contributed by atoms with E-state index in [-0.39, 0.29) is 5.91 Å². The van der Waals surface area contributed by atoms with Crippen LogP contribution in [0.4, 0.5) is 0 Å². The molecule has 0 aromatic carbocycles. The van der Waals surface area contributed by atoms with Gasteiger partial charge in [0.15, 0.2) is 0 Å². The van der Waals surface area contributed by atoms with Crippen molar-refractivity contribution in [2.24, 2.45) is 5.73 Å². The van der Waals surface area contributed by atoms with Crippen molar-refractivity contribution >= 4 is 23.1 Å². The molecule has 3 N–H and O–H groups in total.